The van der Waals surface area contributed by atoms with Crippen LogP contribution in [0.4, 0.5) is 5.69 Å². The van der Waals surface area contributed by atoms with Crippen molar-refractivity contribution in [3.05, 3.63) is 29.3 Å². The fourth-order valence-corrected chi connectivity index (χ4v) is 3.99. The van der Waals surface area contributed by atoms with E-state index in [0.29, 0.717) is 6.04 Å². The Hall–Kier alpha value is -1.02. The van der Waals surface area contributed by atoms with Crippen molar-refractivity contribution in [2.24, 2.45) is 11.8 Å². The molecule has 1 N–H and O–H groups in total. The summed E-state index contributed by atoms with van der Waals surface area (Å²) in [5.41, 5.74) is 4.49. The van der Waals surface area contributed by atoms with Crippen LogP contribution in [0.2, 0.25) is 0 Å². The van der Waals surface area contributed by atoms with Crippen molar-refractivity contribution in [3.63, 3.8) is 0 Å². The molecule has 2 aliphatic heterocycles. The predicted molar refractivity (Wildman–Crippen MR) is 86.1 cm³/mol. The van der Waals surface area contributed by atoms with Crippen molar-refractivity contribution in [2.75, 3.05) is 18.4 Å². The molecular weight excluding hydrogens is 244 g/mol. The minimum atomic E-state index is 0.707. The summed E-state index contributed by atoms with van der Waals surface area (Å²) in [6, 6.07) is 7.50. The molecule has 3 unspecified atom stereocenters. The molecule has 2 heteroatoms. The number of nitrogens with one attached hydrogen (secondary N) is 1. The van der Waals surface area contributed by atoms with E-state index in [1.807, 2.05) is 0 Å². The van der Waals surface area contributed by atoms with E-state index < -0.39 is 0 Å². The molecular formula is C18H28N2. The van der Waals surface area contributed by atoms with Gasteiger partial charge in [-0.3, -0.25) is 4.90 Å². The van der Waals surface area contributed by atoms with Gasteiger partial charge in [-0.05, 0) is 55.2 Å². The first-order valence-corrected chi connectivity index (χ1v) is 8.24. The van der Waals surface area contributed by atoms with Crippen LogP contribution in [0.25, 0.3) is 0 Å². The lowest BCUT2D eigenvalue weighted by molar-refractivity contribution is 0.0727. The van der Waals surface area contributed by atoms with Crippen LogP contribution in [0, 0.1) is 11.8 Å². The van der Waals surface area contributed by atoms with Gasteiger partial charge in [0.15, 0.2) is 0 Å². The van der Waals surface area contributed by atoms with Crippen LogP contribution in [0.3, 0.4) is 0 Å². The highest BCUT2D eigenvalue weighted by Crippen LogP contribution is 2.31. The van der Waals surface area contributed by atoms with E-state index in [1.165, 1.54) is 31.5 Å². The molecule has 0 bridgehead atoms. The molecule has 0 spiro atoms. The second kappa shape index (κ2) is 5.77. The smallest absolute Gasteiger partial charge is 0.0375 e. The predicted octanol–water partition coefficient (Wildman–Crippen LogP) is 3.91. The van der Waals surface area contributed by atoms with Gasteiger partial charge in [-0.25, -0.2) is 0 Å². The van der Waals surface area contributed by atoms with E-state index in [4.69, 9.17) is 0 Å². The number of hydrogen-bond acceptors (Lipinski definition) is 2. The molecule has 0 amide bonds. The first-order chi connectivity index (χ1) is 9.65. The number of likely N-dealkylation sites (tertiary alicyclic amines) is 1. The lowest BCUT2D eigenvalue weighted by atomic mass is 9.85. The van der Waals surface area contributed by atoms with Crippen molar-refractivity contribution >= 4 is 5.69 Å². The zero-order valence-electron chi connectivity index (χ0n) is 13.2. The van der Waals surface area contributed by atoms with Crippen LogP contribution < -0.4 is 5.32 Å². The van der Waals surface area contributed by atoms with Gasteiger partial charge in [-0.15, -0.1) is 0 Å². The van der Waals surface area contributed by atoms with Gasteiger partial charge in [0.05, 0.1) is 0 Å². The van der Waals surface area contributed by atoms with Gasteiger partial charge in [-0.2, -0.15) is 0 Å². The number of rotatable bonds is 2. The first-order valence-electron chi connectivity index (χ1n) is 8.24. The van der Waals surface area contributed by atoms with Crippen molar-refractivity contribution < 1.29 is 0 Å². The standard InChI is InChI=1S/C18H28N2/c1-13-10-14(2)15(3)20(11-13)12-16-6-4-8-18-17(16)7-5-9-19-18/h4,6,8,13-15,19H,5,7,9-12H2,1-3H3. The van der Waals surface area contributed by atoms with Crippen molar-refractivity contribution in [2.45, 2.75) is 52.6 Å². The van der Waals surface area contributed by atoms with Gasteiger partial charge >= 0.3 is 0 Å². The highest BCUT2D eigenvalue weighted by atomic mass is 15.2. The van der Waals surface area contributed by atoms with Gasteiger partial charge in [0.2, 0.25) is 0 Å². The summed E-state index contributed by atoms with van der Waals surface area (Å²) < 4.78 is 0. The van der Waals surface area contributed by atoms with Gasteiger partial charge in [0, 0.05) is 31.4 Å². The molecule has 20 heavy (non-hydrogen) atoms. The van der Waals surface area contributed by atoms with Gasteiger partial charge in [-0.1, -0.05) is 26.0 Å². The topological polar surface area (TPSA) is 15.3 Å². The lowest BCUT2D eigenvalue weighted by Crippen LogP contribution is -2.45. The molecule has 0 aromatic heterocycles. The molecule has 1 aromatic carbocycles. The molecule has 2 aliphatic rings. The normalized spacial score (nSPS) is 30.6. The van der Waals surface area contributed by atoms with E-state index in [2.05, 4.69) is 49.2 Å². The number of piperidine rings is 1. The molecule has 0 radical (unpaired) electrons. The van der Waals surface area contributed by atoms with Crippen LogP contribution in [-0.2, 0) is 13.0 Å². The molecule has 3 rings (SSSR count). The average molecular weight is 272 g/mol. The minimum absolute atomic E-state index is 0.707. The monoisotopic (exact) mass is 272 g/mol. The number of anilines is 1. The molecule has 3 atom stereocenters. The summed E-state index contributed by atoms with van der Waals surface area (Å²) in [7, 11) is 0. The Morgan fingerprint density at radius 3 is 2.95 bits per heavy atom. The molecule has 0 aliphatic carbocycles. The molecule has 1 saturated heterocycles. The average Bonchev–Trinajstić information content (AvgIpc) is 2.44. The number of benzene rings is 1. The molecule has 1 fully saturated rings. The Kier molecular flexibility index (Phi) is 4.02. The summed E-state index contributed by atoms with van der Waals surface area (Å²) in [5, 5.41) is 3.55. The van der Waals surface area contributed by atoms with Crippen LogP contribution >= 0.6 is 0 Å². The zero-order valence-corrected chi connectivity index (χ0v) is 13.2. The third-order valence-electron chi connectivity index (χ3n) is 5.29. The second-order valence-corrected chi connectivity index (χ2v) is 6.96. The fraction of sp³-hybridized carbons (Fsp3) is 0.667. The fourth-order valence-electron chi connectivity index (χ4n) is 3.99. The van der Waals surface area contributed by atoms with Gasteiger partial charge in [0.25, 0.3) is 0 Å². The molecule has 0 saturated carbocycles. The zero-order chi connectivity index (χ0) is 14.1. The Balaban J connectivity index is 1.80. The van der Waals surface area contributed by atoms with Crippen molar-refractivity contribution in [3.8, 4) is 0 Å². The maximum Gasteiger partial charge on any atom is 0.0375 e. The number of fused-ring (bicyclic) bond motifs is 1. The van der Waals surface area contributed by atoms with Crippen molar-refractivity contribution in [1.82, 2.24) is 4.90 Å². The van der Waals surface area contributed by atoms with Crippen molar-refractivity contribution in [1.29, 1.82) is 0 Å². The van der Waals surface area contributed by atoms with E-state index in [0.717, 1.165) is 24.9 Å². The molecule has 2 nitrogen and oxygen atoms in total. The number of nitrogens with zero attached hydrogens (tertiary/aromatic N) is 1. The van der Waals surface area contributed by atoms with E-state index in [1.54, 1.807) is 11.1 Å². The Bertz CT molecular complexity index is 468. The largest absolute Gasteiger partial charge is 0.385 e. The maximum atomic E-state index is 3.55. The summed E-state index contributed by atoms with van der Waals surface area (Å²) >= 11 is 0. The van der Waals surface area contributed by atoms with Crippen LogP contribution in [0.5, 0.6) is 0 Å². The van der Waals surface area contributed by atoms with E-state index in [-0.39, 0.29) is 0 Å². The van der Waals surface area contributed by atoms with E-state index in [9.17, 15) is 0 Å². The Morgan fingerprint density at radius 2 is 2.10 bits per heavy atom. The Labute approximate surface area is 123 Å². The van der Waals surface area contributed by atoms with E-state index >= 15 is 0 Å². The summed E-state index contributed by atoms with van der Waals surface area (Å²) in [6.45, 7) is 10.7. The molecule has 2 heterocycles. The van der Waals surface area contributed by atoms with Crippen LogP contribution in [0.1, 0.15) is 44.7 Å². The minimum Gasteiger partial charge on any atom is -0.385 e. The quantitative estimate of drug-likeness (QED) is 0.878. The molecule has 110 valence electrons. The van der Waals surface area contributed by atoms with Gasteiger partial charge in [0.1, 0.15) is 0 Å². The van der Waals surface area contributed by atoms with Crippen LogP contribution in [0.15, 0.2) is 18.2 Å². The highest BCUT2D eigenvalue weighted by molar-refractivity contribution is 5.56. The summed E-state index contributed by atoms with van der Waals surface area (Å²) in [4.78, 5) is 2.70. The third-order valence-corrected chi connectivity index (χ3v) is 5.29. The van der Waals surface area contributed by atoms with Crippen LogP contribution in [-0.4, -0.2) is 24.0 Å². The third kappa shape index (κ3) is 2.71. The highest BCUT2D eigenvalue weighted by Gasteiger charge is 2.29. The Morgan fingerprint density at radius 1 is 1.25 bits per heavy atom. The first kappa shape index (κ1) is 13.9. The second-order valence-electron chi connectivity index (χ2n) is 6.96. The maximum absolute atomic E-state index is 3.55. The SMILES string of the molecule is CC1CC(C)C(C)N(Cc2cccc3c2CCCN3)C1. The lowest BCUT2D eigenvalue weighted by Gasteiger charge is -2.41. The number of hydrogen-bond donors (Lipinski definition) is 1. The van der Waals surface area contributed by atoms with Gasteiger partial charge < -0.3 is 5.32 Å². The summed E-state index contributed by atoms with van der Waals surface area (Å²) in [5.74, 6) is 1.65. The summed E-state index contributed by atoms with van der Waals surface area (Å²) in [6.07, 6.45) is 3.89. The molecule has 1 aromatic rings.